The van der Waals surface area contributed by atoms with Gasteiger partial charge in [0.05, 0.1) is 6.54 Å². The quantitative estimate of drug-likeness (QED) is 0.873. The summed E-state index contributed by atoms with van der Waals surface area (Å²) in [6, 6.07) is 6.78. The van der Waals surface area contributed by atoms with Crippen molar-refractivity contribution >= 4 is 23.3 Å². The van der Waals surface area contributed by atoms with E-state index in [1.807, 2.05) is 0 Å². The second kappa shape index (κ2) is 6.25. The van der Waals surface area contributed by atoms with Crippen LogP contribution in [0.25, 0.3) is 0 Å². The van der Waals surface area contributed by atoms with Crippen LogP contribution in [0.4, 0.5) is 0 Å². The van der Waals surface area contributed by atoms with Gasteiger partial charge in [0.2, 0.25) is 0 Å². The Balaban J connectivity index is 2.51. The Hall–Kier alpha value is -1.55. The van der Waals surface area contributed by atoms with Gasteiger partial charge < -0.3 is 10.1 Å². The molecule has 0 saturated heterocycles. The van der Waals surface area contributed by atoms with Crippen molar-refractivity contribution in [2.45, 2.75) is 20.0 Å². The van der Waals surface area contributed by atoms with Gasteiger partial charge in [0, 0.05) is 5.02 Å². The van der Waals surface area contributed by atoms with Crippen molar-refractivity contribution in [2.24, 2.45) is 0 Å². The van der Waals surface area contributed by atoms with Gasteiger partial charge in [-0.15, -0.1) is 0 Å². The molecule has 0 aliphatic carbocycles. The predicted molar refractivity (Wildman–Crippen MR) is 65.2 cm³/mol. The molecule has 0 spiro atoms. The van der Waals surface area contributed by atoms with Crippen LogP contribution >= 0.6 is 11.6 Å². The van der Waals surface area contributed by atoms with Crippen LogP contribution in [0.1, 0.15) is 13.8 Å². The molecular formula is C12H14ClNO3. The minimum Gasteiger partial charge on any atom is -0.481 e. The lowest BCUT2D eigenvalue weighted by molar-refractivity contribution is -0.129. The maximum atomic E-state index is 11.5. The van der Waals surface area contributed by atoms with Gasteiger partial charge in [0.1, 0.15) is 11.5 Å². The molecule has 17 heavy (non-hydrogen) atoms. The van der Waals surface area contributed by atoms with E-state index in [0.29, 0.717) is 10.8 Å². The standard InChI is InChI=1S/C12H14ClNO3/c1-8(15)7-14-12(16)9(2)17-11-5-3-4-10(13)6-11/h3-6,9H,7H2,1-2H3,(H,14,16). The highest BCUT2D eigenvalue weighted by Crippen LogP contribution is 2.18. The number of benzene rings is 1. The molecule has 1 aromatic rings. The monoisotopic (exact) mass is 255 g/mol. The molecule has 1 N–H and O–H groups in total. The highest BCUT2D eigenvalue weighted by molar-refractivity contribution is 6.30. The second-order valence-electron chi connectivity index (χ2n) is 3.64. The van der Waals surface area contributed by atoms with E-state index in [2.05, 4.69) is 5.32 Å². The lowest BCUT2D eigenvalue weighted by Gasteiger charge is -2.14. The summed E-state index contributed by atoms with van der Waals surface area (Å²) in [6.45, 7) is 3.03. The minimum atomic E-state index is -0.673. The van der Waals surface area contributed by atoms with Crippen LogP contribution in [0.15, 0.2) is 24.3 Å². The van der Waals surface area contributed by atoms with E-state index in [0.717, 1.165) is 0 Å². The third-order valence-electron chi connectivity index (χ3n) is 1.99. The Kier molecular flexibility index (Phi) is 4.97. The summed E-state index contributed by atoms with van der Waals surface area (Å²) in [7, 11) is 0. The molecule has 5 heteroatoms. The van der Waals surface area contributed by atoms with Gasteiger partial charge in [-0.1, -0.05) is 17.7 Å². The molecule has 0 aliphatic heterocycles. The molecule has 1 aromatic carbocycles. The molecule has 1 unspecified atom stereocenters. The number of carbonyl (C=O) groups is 2. The Labute approximate surface area is 105 Å². The van der Waals surface area contributed by atoms with E-state index in [-0.39, 0.29) is 18.2 Å². The maximum absolute atomic E-state index is 11.5. The van der Waals surface area contributed by atoms with Gasteiger partial charge in [-0.2, -0.15) is 0 Å². The van der Waals surface area contributed by atoms with Crippen molar-refractivity contribution in [1.82, 2.24) is 5.32 Å². The highest BCUT2D eigenvalue weighted by atomic mass is 35.5. The zero-order chi connectivity index (χ0) is 12.8. The molecule has 0 aliphatic rings. The number of hydrogen-bond donors (Lipinski definition) is 1. The van der Waals surface area contributed by atoms with Gasteiger partial charge >= 0.3 is 0 Å². The zero-order valence-electron chi connectivity index (χ0n) is 9.70. The Morgan fingerprint density at radius 1 is 1.47 bits per heavy atom. The van der Waals surface area contributed by atoms with E-state index in [1.165, 1.54) is 6.92 Å². The van der Waals surface area contributed by atoms with Crippen molar-refractivity contribution < 1.29 is 14.3 Å². The summed E-state index contributed by atoms with van der Waals surface area (Å²) in [5.41, 5.74) is 0. The zero-order valence-corrected chi connectivity index (χ0v) is 10.5. The Bertz CT molecular complexity index is 420. The molecule has 4 nitrogen and oxygen atoms in total. The smallest absolute Gasteiger partial charge is 0.261 e. The second-order valence-corrected chi connectivity index (χ2v) is 4.07. The molecule has 0 bridgehead atoms. The Morgan fingerprint density at radius 2 is 2.18 bits per heavy atom. The lowest BCUT2D eigenvalue weighted by atomic mass is 10.3. The Morgan fingerprint density at radius 3 is 2.76 bits per heavy atom. The van der Waals surface area contributed by atoms with E-state index < -0.39 is 6.10 Å². The van der Waals surface area contributed by atoms with Crippen molar-refractivity contribution in [3.05, 3.63) is 29.3 Å². The molecule has 0 radical (unpaired) electrons. The first-order valence-corrected chi connectivity index (χ1v) is 5.56. The van der Waals surface area contributed by atoms with Crippen molar-refractivity contribution in [2.75, 3.05) is 6.54 Å². The van der Waals surface area contributed by atoms with Gasteiger partial charge in [0.25, 0.3) is 5.91 Å². The first-order chi connectivity index (χ1) is 7.99. The predicted octanol–water partition coefficient (Wildman–Crippen LogP) is 1.81. The first-order valence-electron chi connectivity index (χ1n) is 5.18. The summed E-state index contributed by atoms with van der Waals surface area (Å²) in [4.78, 5) is 22.2. The summed E-state index contributed by atoms with van der Waals surface area (Å²) < 4.78 is 5.38. The van der Waals surface area contributed by atoms with E-state index in [4.69, 9.17) is 16.3 Å². The van der Waals surface area contributed by atoms with Crippen molar-refractivity contribution in [1.29, 1.82) is 0 Å². The van der Waals surface area contributed by atoms with Gasteiger partial charge in [-0.3, -0.25) is 9.59 Å². The number of halogens is 1. The lowest BCUT2D eigenvalue weighted by Crippen LogP contribution is -2.38. The number of Topliss-reactive ketones (excluding diaryl/α,β-unsaturated/α-hetero) is 1. The first kappa shape index (κ1) is 13.5. The van der Waals surface area contributed by atoms with Crippen molar-refractivity contribution in [3.63, 3.8) is 0 Å². The SMILES string of the molecule is CC(=O)CNC(=O)C(C)Oc1cccc(Cl)c1. The molecule has 0 fully saturated rings. The number of hydrogen-bond acceptors (Lipinski definition) is 3. The fraction of sp³-hybridized carbons (Fsp3) is 0.333. The maximum Gasteiger partial charge on any atom is 0.261 e. The molecular weight excluding hydrogens is 242 g/mol. The van der Waals surface area contributed by atoms with Crippen LogP contribution in [0.2, 0.25) is 5.02 Å². The summed E-state index contributed by atoms with van der Waals surface area (Å²) in [6.07, 6.45) is -0.673. The molecule has 0 heterocycles. The number of carbonyl (C=O) groups excluding carboxylic acids is 2. The van der Waals surface area contributed by atoms with E-state index in [1.54, 1.807) is 31.2 Å². The van der Waals surface area contributed by atoms with Crippen LogP contribution in [-0.2, 0) is 9.59 Å². The molecule has 1 rings (SSSR count). The molecule has 1 atom stereocenters. The van der Waals surface area contributed by atoms with Gasteiger partial charge in [0.15, 0.2) is 6.10 Å². The van der Waals surface area contributed by atoms with E-state index >= 15 is 0 Å². The van der Waals surface area contributed by atoms with Crippen LogP contribution in [-0.4, -0.2) is 24.3 Å². The van der Waals surface area contributed by atoms with Gasteiger partial charge in [-0.25, -0.2) is 0 Å². The average Bonchev–Trinajstić information content (AvgIpc) is 2.25. The number of rotatable bonds is 5. The fourth-order valence-electron chi connectivity index (χ4n) is 1.15. The third kappa shape index (κ3) is 4.87. The summed E-state index contributed by atoms with van der Waals surface area (Å²) in [5, 5.41) is 3.01. The highest BCUT2D eigenvalue weighted by Gasteiger charge is 2.14. The minimum absolute atomic E-state index is 0.0160. The molecule has 1 amide bonds. The van der Waals surface area contributed by atoms with Gasteiger partial charge in [-0.05, 0) is 32.0 Å². The number of ketones is 1. The number of ether oxygens (including phenoxy) is 1. The summed E-state index contributed by atoms with van der Waals surface area (Å²) >= 11 is 5.79. The molecule has 0 saturated carbocycles. The number of amides is 1. The average molecular weight is 256 g/mol. The van der Waals surface area contributed by atoms with E-state index in [9.17, 15) is 9.59 Å². The topological polar surface area (TPSA) is 55.4 Å². The van der Waals surface area contributed by atoms with Crippen LogP contribution in [0.5, 0.6) is 5.75 Å². The summed E-state index contributed by atoms with van der Waals surface area (Å²) in [5.74, 6) is 0.0801. The fourth-order valence-corrected chi connectivity index (χ4v) is 1.33. The normalized spacial score (nSPS) is 11.7. The van der Waals surface area contributed by atoms with Crippen LogP contribution < -0.4 is 10.1 Å². The molecule has 0 aromatic heterocycles. The number of nitrogens with one attached hydrogen (secondary N) is 1. The van der Waals surface area contributed by atoms with Crippen molar-refractivity contribution in [3.8, 4) is 5.75 Å². The third-order valence-corrected chi connectivity index (χ3v) is 2.22. The van der Waals surface area contributed by atoms with Crippen LogP contribution in [0.3, 0.4) is 0 Å². The molecule has 92 valence electrons. The largest absolute Gasteiger partial charge is 0.481 e. The van der Waals surface area contributed by atoms with Crippen LogP contribution in [0, 0.1) is 0 Å².